The molecule has 0 atom stereocenters. The van der Waals surface area contributed by atoms with Crippen LogP contribution in [0.4, 0.5) is 5.82 Å². The Kier molecular flexibility index (Phi) is 4.02. The summed E-state index contributed by atoms with van der Waals surface area (Å²) in [6.45, 7) is 3.00. The number of nitrogen functional groups attached to an aromatic ring is 1. The van der Waals surface area contributed by atoms with Gasteiger partial charge in [0.2, 0.25) is 0 Å². The number of ether oxygens (including phenoxy) is 2. The average Bonchev–Trinajstić information content (AvgIpc) is 2.40. The summed E-state index contributed by atoms with van der Waals surface area (Å²) in [6, 6.07) is 11.3. The summed E-state index contributed by atoms with van der Waals surface area (Å²) in [4.78, 5) is 4.02. The third-order valence-corrected chi connectivity index (χ3v) is 2.39. The zero-order chi connectivity index (χ0) is 12.8. The number of hydrogen-bond donors (Lipinski definition) is 1. The molecule has 2 aromatic rings. The first-order valence-corrected chi connectivity index (χ1v) is 5.84. The summed E-state index contributed by atoms with van der Waals surface area (Å²) in [5.74, 6) is 1.99. The van der Waals surface area contributed by atoms with E-state index in [0.29, 0.717) is 19.0 Å². The molecule has 94 valence electrons. The smallest absolute Gasteiger partial charge is 0.161 e. The van der Waals surface area contributed by atoms with E-state index in [1.807, 2.05) is 37.3 Å². The number of rotatable bonds is 5. The second kappa shape index (κ2) is 5.91. The van der Waals surface area contributed by atoms with Gasteiger partial charge in [0, 0.05) is 11.8 Å². The summed E-state index contributed by atoms with van der Waals surface area (Å²) in [5.41, 5.74) is 6.49. The Hall–Kier alpha value is -2.23. The van der Waals surface area contributed by atoms with Crippen LogP contribution in [0.25, 0.3) is 0 Å². The molecule has 0 fully saturated rings. The lowest BCUT2D eigenvalue weighted by Crippen LogP contribution is -2.00. The molecule has 0 bridgehead atoms. The monoisotopic (exact) mass is 244 g/mol. The fourth-order valence-electron chi connectivity index (χ4n) is 1.53. The van der Waals surface area contributed by atoms with Gasteiger partial charge in [-0.3, -0.25) is 0 Å². The normalized spacial score (nSPS) is 10.1. The molecule has 0 aliphatic rings. The lowest BCUT2D eigenvalue weighted by Gasteiger charge is -2.11. The molecule has 0 aliphatic heterocycles. The standard InChI is InChI=1S/C14H16N2O2/c1-2-17-12-5-3-4-6-13(12)18-10-11-7-8-14(15)16-9-11/h3-9H,2,10H2,1H3,(H2,15,16). The minimum atomic E-state index is 0.442. The van der Waals surface area contributed by atoms with Crippen LogP contribution >= 0.6 is 0 Å². The molecule has 0 amide bonds. The Balaban J connectivity index is 2.03. The van der Waals surface area contributed by atoms with Gasteiger partial charge in [0.05, 0.1) is 6.61 Å². The zero-order valence-corrected chi connectivity index (χ0v) is 10.3. The highest BCUT2D eigenvalue weighted by atomic mass is 16.5. The molecule has 0 saturated heterocycles. The largest absolute Gasteiger partial charge is 0.490 e. The third kappa shape index (κ3) is 3.13. The van der Waals surface area contributed by atoms with E-state index >= 15 is 0 Å². The number of aromatic nitrogens is 1. The van der Waals surface area contributed by atoms with Crippen LogP contribution in [0.2, 0.25) is 0 Å². The molecule has 2 rings (SSSR count). The third-order valence-electron chi connectivity index (χ3n) is 2.39. The van der Waals surface area contributed by atoms with Gasteiger partial charge >= 0.3 is 0 Å². The van der Waals surface area contributed by atoms with Crippen molar-refractivity contribution in [2.24, 2.45) is 0 Å². The maximum Gasteiger partial charge on any atom is 0.161 e. The van der Waals surface area contributed by atoms with Gasteiger partial charge in [-0.1, -0.05) is 18.2 Å². The van der Waals surface area contributed by atoms with Crippen LogP contribution in [0.3, 0.4) is 0 Å². The van der Waals surface area contributed by atoms with Crippen LogP contribution < -0.4 is 15.2 Å². The number of pyridine rings is 1. The lowest BCUT2D eigenvalue weighted by atomic mass is 10.3. The number of benzene rings is 1. The van der Waals surface area contributed by atoms with Crippen LogP contribution in [0.5, 0.6) is 11.5 Å². The fourth-order valence-corrected chi connectivity index (χ4v) is 1.53. The van der Waals surface area contributed by atoms with Crippen molar-refractivity contribution in [3.05, 3.63) is 48.2 Å². The van der Waals surface area contributed by atoms with Crippen molar-refractivity contribution < 1.29 is 9.47 Å². The van der Waals surface area contributed by atoms with Crippen molar-refractivity contribution in [2.75, 3.05) is 12.3 Å². The molecule has 0 unspecified atom stereocenters. The molecule has 0 saturated carbocycles. The molecule has 18 heavy (non-hydrogen) atoms. The molecule has 1 heterocycles. The predicted octanol–water partition coefficient (Wildman–Crippen LogP) is 2.64. The van der Waals surface area contributed by atoms with Crippen molar-refractivity contribution in [1.82, 2.24) is 4.98 Å². The van der Waals surface area contributed by atoms with Gasteiger partial charge in [0.25, 0.3) is 0 Å². The summed E-state index contributed by atoms with van der Waals surface area (Å²) in [5, 5.41) is 0. The van der Waals surface area contributed by atoms with Crippen LogP contribution in [-0.4, -0.2) is 11.6 Å². The Morgan fingerprint density at radius 1 is 1.06 bits per heavy atom. The highest BCUT2D eigenvalue weighted by Crippen LogP contribution is 2.27. The van der Waals surface area contributed by atoms with Gasteiger partial charge in [0.15, 0.2) is 11.5 Å². The van der Waals surface area contributed by atoms with Crippen LogP contribution in [0.15, 0.2) is 42.6 Å². The number of para-hydroxylation sites is 2. The van der Waals surface area contributed by atoms with Gasteiger partial charge in [-0.15, -0.1) is 0 Å². The molecule has 4 heteroatoms. The molecule has 0 spiro atoms. The van der Waals surface area contributed by atoms with E-state index in [4.69, 9.17) is 15.2 Å². The minimum Gasteiger partial charge on any atom is -0.490 e. The highest BCUT2D eigenvalue weighted by Gasteiger charge is 2.03. The Bertz CT molecular complexity index is 497. The van der Waals surface area contributed by atoms with E-state index in [9.17, 15) is 0 Å². The predicted molar refractivity (Wildman–Crippen MR) is 70.6 cm³/mol. The van der Waals surface area contributed by atoms with E-state index in [1.165, 1.54) is 0 Å². The zero-order valence-electron chi connectivity index (χ0n) is 10.3. The van der Waals surface area contributed by atoms with Crippen molar-refractivity contribution in [1.29, 1.82) is 0 Å². The summed E-state index contributed by atoms with van der Waals surface area (Å²) >= 11 is 0. The molecular formula is C14H16N2O2. The van der Waals surface area contributed by atoms with Gasteiger partial charge < -0.3 is 15.2 Å². The average molecular weight is 244 g/mol. The van der Waals surface area contributed by atoms with Crippen LogP contribution in [0, 0.1) is 0 Å². The topological polar surface area (TPSA) is 57.4 Å². The van der Waals surface area contributed by atoms with Gasteiger partial charge in [0.1, 0.15) is 12.4 Å². The molecule has 0 radical (unpaired) electrons. The highest BCUT2D eigenvalue weighted by molar-refractivity contribution is 5.39. The summed E-state index contributed by atoms with van der Waals surface area (Å²) in [6.07, 6.45) is 1.71. The Morgan fingerprint density at radius 2 is 1.78 bits per heavy atom. The first kappa shape index (κ1) is 12.2. The maximum atomic E-state index is 5.71. The van der Waals surface area contributed by atoms with Crippen LogP contribution in [0.1, 0.15) is 12.5 Å². The summed E-state index contributed by atoms with van der Waals surface area (Å²) < 4.78 is 11.2. The quantitative estimate of drug-likeness (QED) is 0.878. The van der Waals surface area contributed by atoms with Crippen molar-refractivity contribution in [3.8, 4) is 11.5 Å². The minimum absolute atomic E-state index is 0.442. The van der Waals surface area contributed by atoms with Gasteiger partial charge in [-0.2, -0.15) is 0 Å². The van der Waals surface area contributed by atoms with E-state index in [0.717, 1.165) is 17.1 Å². The SMILES string of the molecule is CCOc1ccccc1OCc1ccc(N)nc1. The molecule has 0 aliphatic carbocycles. The van der Waals surface area contributed by atoms with Crippen molar-refractivity contribution in [3.63, 3.8) is 0 Å². The number of nitrogens with zero attached hydrogens (tertiary/aromatic N) is 1. The van der Waals surface area contributed by atoms with E-state index < -0.39 is 0 Å². The van der Waals surface area contributed by atoms with Gasteiger partial charge in [-0.25, -0.2) is 4.98 Å². The molecule has 4 nitrogen and oxygen atoms in total. The first-order chi connectivity index (χ1) is 8.79. The Morgan fingerprint density at radius 3 is 2.39 bits per heavy atom. The van der Waals surface area contributed by atoms with Crippen LogP contribution in [-0.2, 0) is 6.61 Å². The number of nitrogens with two attached hydrogens (primary N) is 1. The van der Waals surface area contributed by atoms with E-state index in [1.54, 1.807) is 12.3 Å². The summed E-state index contributed by atoms with van der Waals surface area (Å²) in [7, 11) is 0. The Labute approximate surface area is 106 Å². The fraction of sp³-hybridized carbons (Fsp3) is 0.214. The number of hydrogen-bond acceptors (Lipinski definition) is 4. The van der Waals surface area contributed by atoms with Crippen molar-refractivity contribution >= 4 is 5.82 Å². The molecule has 1 aromatic carbocycles. The number of anilines is 1. The van der Waals surface area contributed by atoms with Crippen molar-refractivity contribution in [2.45, 2.75) is 13.5 Å². The van der Waals surface area contributed by atoms with E-state index in [2.05, 4.69) is 4.98 Å². The second-order valence-corrected chi connectivity index (χ2v) is 3.76. The lowest BCUT2D eigenvalue weighted by molar-refractivity contribution is 0.269. The van der Waals surface area contributed by atoms with Gasteiger partial charge in [-0.05, 0) is 25.1 Å². The first-order valence-electron chi connectivity index (χ1n) is 5.84. The maximum absolute atomic E-state index is 5.71. The van der Waals surface area contributed by atoms with E-state index in [-0.39, 0.29) is 0 Å². The second-order valence-electron chi connectivity index (χ2n) is 3.76. The molecule has 2 N–H and O–H groups in total. The molecular weight excluding hydrogens is 228 g/mol. The molecule has 1 aromatic heterocycles.